The van der Waals surface area contributed by atoms with E-state index in [9.17, 15) is 23.5 Å². The van der Waals surface area contributed by atoms with E-state index in [-0.39, 0.29) is 43.3 Å². The van der Waals surface area contributed by atoms with E-state index >= 15 is 0 Å². The molecule has 2 aromatic carbocycles. The van der Waals surface area contributed by atoms with Crippen molar-refractivity contribution < 1.29 is 28.2 Å². The van der Waals surface area contributed by atoms with Crippen LogP contribution >= 0.6 is 0 Å². The third kappa shape index (κ3) is 3.29. The maximum absolute atomic E-state index is 14.0. The molecule has 1 fully saturated rings. The summed E-state index contributed by atoms with van der Waals surface area (Å²) in [5.41, 5.74) is 1.14. The number of ether oxygens (including phenoxy) is 1. The molecule has 2 heterocycles. The maximum Gasteiger partial charge on any atom is 0.326 e. The highest BCUT2D eigenvalue weighted by Crippen LogP contribution is 2.48. The van der Waals surface area contributed by atoms with E-state index in [0.717, 1.165) is 23.8 Å². The van der Waals surface area contributed by atoms with Gasteiger partial charge < -0.3 is 20.1 Å². The van der Waals surface area contributed by atoms with Crippen LogP contribution in [0.2, 0.25) is 0 Å². The Kier molecular flexibility index (Phi) is 5.40. The van der Waals surface area contributed by atoms with E-state index in [4.69, 9.17) is 4.74 Å². The summed E-state index contributed by atoms with van der Waals surface area (Å²) >= 11 is 0. The first-order chi connectivity index (χ1) is 14.5. The number of carbonyl (C=O) groups is 2. The fourth-order valence-electron chi connectivity index (χ4n) is 4.40. The molecule has 3 atom stereocenters. The molecule has 2 aliphatic heterocycles. The van der Waals surface area contributed by atoms with E-state index in [1.165, 1.54) is 16.9 Å². The van der Waals surface area contributed by atoms with E-state index in [0.29, 0.717) is 5.69 Å². The molecule has 9 heteroatoms. The molecule has 158 valence electrons. The number of hydrogen-bond donors (Lipinski definition) is 2. The largest absolute Gasteiger partial charge is 0.394 e. The average molecular weight is 417 g/mol. The van der Waals surface area contributed by atoms with Crippen molar-refractivity contribution in [2.45, 2.75) is 18.0 Å². The zero-order valence-electron chi connectivity index (χ0n) is 16.2. The number of aliphatic hydroxyl groups excluding tert-OH is 1. The summed E-state index contributed by atoms with van der Waals surface area (Å²) < 4.78 is 32.4. The van der Waals surface area contributed by atoms with Crippen LogP contribution < -0.4 is 10.2 Å². The molecule has 0 aromatic heterocycles. The summed E-state index contributed by atoms with van der Waals surface area (Å²) in [6, 6.07) is 8.58. The Hall–Kier alpha value is -3.04. The molecule has 2 N–H and O–H groups in total. The van der Waals surface area contributed by atoms with Gasteiger partial charge in [-0.1, -0.05) is 18.2 Å². The number of anilines is 2. The van der Waals surface area contributed by atoms with Gasteiger partial charge in [-0.25, -0.2) is 13.6 Å². The number of urea groups is 1. The number of rotatable bonds is 4. The highest BCUT2D eigenvalue weighted by Gasteiger charge is 2.55. The minimum absolute atomic E-state index is 0.137. The Morgan fingerprint density at radius 1 is 1.23 bits per heavy atom. The SMILES string of the molecule is COCC(=O)N1[C@H](CO)[C@H]2c3ccccc3N(C(=O)Nc3cc(F)ccc3F)C[C@H]21. The number of halogens is 2. The van der Waals surface area contributed by atoms with Crippen molar-refractivity contribution in [1.82, 2.24) is 4.90 Å². The van der Waals surface area contributed by atoms with Gasteiger partial charge in [0.2, 0.25) is 5.91 Å². The summed E-state index contributed by atoms with van der Waals surface area (Å²) in [6.07, 6.45) is 0. The van der Waals surface area contributed by atoms with Crippen LogP contribution in [0, 0.1) is 11.6 Å². The summed E-state index contributed by atoms with van der Waals surface area (Å²) in [5.74, 6) is -1.85. The van der Waals surface area contributed by atoms with Gasteiger partial charge in [-0.3, -0.25) is 9.69 Å². The Morgan fingerprint density at radius 3 is 2.73 bits per heavy atom. The number of hydrogen-bond acceptors (Lipinski definition) is 4. The number of benzene rings is 2. The molecule has 0 bridgehead atoms. The van der Waals surface area contributed by atoms with Gasteiger partial charge in [-0.05, 0) is 23.8 Å². The first-order valence-corrected chi connectivity index (χ1v) is 9.49. The number of nitrogens with zero attached hydrogens (tertiary/aromatic N) is 2. The molecule has 0 aliphatic carbocycles. The van der Waals surface area contributed by atoms with Crippen LogP contribution in [-0.4, -0.2) is 60.9 Å². The van der Waals surface area contributed by atoms with Crippen molar-refractivity contribution in [3.63, 3.8) is 0 Å². The number of carbonyl (C=O) groups excluding carboxylic acids is 2. The van der Waals surface area contributed by atoms with Gasteiger partial charge in [0.25, 0.3) is 0 Å². The lowest BCUT2D eigenvalue weighted by Crippen LogP contribution is -2.71. The second kappa shape index (κ2) is 8.00. The van der Waals surface area contributed by atoms with Crippen LogP contribution in [0.4, 0.5) is 25.0 Å². The second-order valence-corrected chi connectivity index (χ2v) is 7.30. The minimum atomic E-state index is -0.756. The van der Waals surface area contributed by atoms with Crippen molar-refractivity contribution in [2.24, 2.45) is 0 Å². The normalized spacial score (nSPS) is 22.1. The first kappa shape index (κ1) is 20.2. The van der Waals surface area contributed by atoms with Crippen LogP contribution in [0.1, 0.15) is 11.5 Å². The molecule has 0 saturated carbocycles. The molecule has 2 aliphatic rings. The van der Waals surface area contributed by atoms with Crippen LogP contribution in [0.5, 0.6) is 0 Å². The van der Waals surface area contributed by atoms with Gasteiger partial charge in [0.1, 0.15) is 18.2 Å². The van der Waals surface area contributed by atoms with Crippen molar-refractivity contribution in [1.29, 1.82) is 0 Å². The summed E-state index contributed by atoms with van der Waals surface area (Å²) in [5, 5.41) is 12.3. The summed E-state index contributed by atoms with van der Waals surface area (Å²) in [7, 11) is 1.41. The molecule has 2 aromatic rings. The third-order valence-corrected chi connectivity index (χ3v) is 5.66. The highest BCUT2D eigenvalue weighted by molar-refractivity contribution is 6.03. The number of methoxy groups -OCH3 is 1. The Balaban J connectivity index is 1.66. The van der Waals surface area contributed by atoms with Gasteiger partial charge in [0, 0.05) is 31.3 Å². The smallest absolute Gasteiger partial charge is 0.326 e. The Bertz CT molecular complexity index is 986. The number of aliphatic hydroxyl groups is 1. The lowest BCUT2D eigenvalue weighted by molar-refractivity contribution is -0.154. The van der Waals surface area contributed by atoms with Gasteiger partial charge in [0.05, 0.1) is 24.4 Å². The summed E-state index contributed by atoms with van der Waals surface area (Å²) in [6.45, 7) is -0.204. The Morgan fingerprint density at radius 2 is 2.00 bits per heavy atom. The lowest BCUT2D eigenvalue weighted by Gasteiger charge is -2.58. The van der Waals surface area contributed by atoms with Crippen molar-refractivity contribution >= 4 is 23.3 Å². The molecule has 7 nitrogen and oxygen atoms in total. The van der Waals surface area contributed by atoms with E-state index in [2.05, 4.69) is 5.32 Å². The van der Waals surface area contributed by atoms with Gasteiger partial charge in [-0.15, -0.1) is 0 Å². The van der Waals surface area contributed by atoms with Gasteiger partial charge >= 0.3 is 6.03 Å². The highest BCUT2D eigenvalue weighted by atomic mass is 19.1. The Labute approximate surface area is 171 Å². The van der Waals surface area contributed by atoms with Gasteiger partial charge in [-0.2, -0.15) is 0 Å². The first-order valence-electron chi connectivity index (χ1n) is 9.49. The molecule has 4 rings (SSSR count). The number of nitrogens with one attached hydrogen (secondary N) is 1. The topological polar surface area (TPSA) is 82.1 Å². The monoisotopic (exact) mass is 417 g/mol. The average Bonchev–Trinajstić information content (AvgIpc) is 2.71. The van der Waals surface area contributed by atoms with Crippen molar-refractivity contribution in [2.75, 3.05) is 37.1 Å². The maximum atomic E-state index is 14.0. The molecular weight excluding hydrogens is 396 g/mol. The molecule has 0 unspecified atom stereocenters. The molecule has 30 heavy (non-hydrogen) atoms. The predicted molar refractivity (Wildman–Crippen MR) is 105 cm³/mol. The van der Waals surface area contributed by atoms with Crippen LogP contribution in [0.15, 0.2) is 42.5 Å². The van der Waals surface area contributed by atoms with Crippen LogP contribution in [0.3, 0.4) is 0 Å². The fourth-order valence-corrected chi connectivity index (χ4v) is 4.40. The quantitative estimate of drug-likeness (QED) is 0.800. The van der Waals surface area contributed by atoms with Crippen LogP contribution in [-0.2, 0) is 9.53 Å². The standard InChI is InChI=1S/C21H21F2N3O4/c1-30-11-19(28)26-17-9-25(21(29)24-15-8-12(22)6-7-14(15)23)16-5-3-2-4-13(16)20(17)18(26)10-27/h2-8,17-18,20,27H,9-11H2,1H3,(H,24,29)/t17-,18-,20+/m1/s1. The zero-order valence-corrected chi connectivity index (χ0v) is 16.2. The molecule has 0 radical (unpaired) electrons. The van der Waals surface area contributed by atoms with E-state index in [1.807, 2.05) is 12.1 Å². The minimum Gasteiger partial charge on any atom is -0.394 e. The second-order valence-electron chi connectivity index (χ2n) is 7.30. The lowest BCUT2D eigenvalue weighted by atomic mass is 9.72. The number of likely N-dealkylation sites (tertiary alicyclic amines) is 1. The predicted octanol–water partition coefficient (Wildman–Crippen LogP) is 2.32. The van der Waals surface area contributed by atoms with Crippen LogP contribution in [0.25, 0.3) is 0 Å². The number of amides is 3. The third-order valence-electron chi connectivity index (χ3n) is 5.66. The van der Waals surface area contributed by atoms with Gasteiger partial charge in [0.15, 0.2) is 0 Å². The summed E-state index contributed by atoms with van der Waals surface area (Å²) in [4.78, 5) is 28.4. The molecule has 3 amide bonds. The van der Waals surface area contributed by atoms with E-state index < -0.39 is 23.7 Å². The zero-order chi connectivity index (χ0) is 21.4. The number of para-hydroxylation sites is 1. The molecular formula is C21H21F2N3O4. The number of fused-ring (bicyclic) bond motifs is 3. The van der Waals surface area contributed by atoms with Crippen molar-refractivity contribution in [3.05, 3.63) is 59.7 Å². The molecule has 1 saturated heterocycles. The molecule has 0 spiro atoms. The van der Waals surface area contributed by atoms with E-state index in [1.54, 1.807) is 12.1 Å². The van der Waals surface area contributed by atoms with Crippen molar-refractivity contribution in [3.8, 4) is 0 Å². The fraction of sp³-hybridized carbons (Fsp3) is 0.333.